The fourth-order valence-electron chi connectivity index (χ4n) is 5.04. The van der Waals surface area contributed by atoms with E-state index in [2.05, 4.69) is 115 Å². The molecule has 2 heteroatoms. The lowest BCUT2D eigenvalue weighted by molar-refractivity contribution is 0.938. The number of anilines is 1. The van der Waals surface area contributed by atoms with Crippen LogP contribution in [0.25, 0.3) is 10.8 Å². The molecule has 3 aromatic rings. The van der Waals surface area contributed by atoms with Crippen LogP contribution in [0.5, 0.6) is 0 Å². The minimum Gasteiger partial charge on any atom is -0.344 e. The fourth-order valence-corrected chi connectivity index (χ4v) is 6.68. The van der Waals surface area contributed by atoms with Crippen molar-refractivity contribution in [1.82, 2.24) is 0 Å². The summed E-state index contributed by atoms with van der Waals surface area (Å²) < 4.78 is 0. The molecule has 3 aromatic carbocycles. The molecular weight excluding hydrogens is 382 g/mol. The lowest BCUT2D eigenvalue weighted by Gasteiger charge is -2.26. The largest absolute Gasteiger partial charge is 0.344 e. The van der Waals surface area contributed by atoms with Crippen molar-refractivity contribution < 1.29 is 0 Å². The molecule has 1 saturated carbocycles. The van der Waals surface area contributed by atoms with Crippen LogP contribution in [-0.4, -0.2) is 12.3 Å². The maximum atomic E-state index is 2.56. The lowest BCUT2D eigenvalue weighted by Crippen LogP contribution is -2.17. The molecule has 30 heavy (non-hydrogen) atoms. The van der Waals surface area contributed by atoms with Gasteiger partial charge in [0.1, 0.15) is 0 Å². The summed E-state index contributed by atoms with van der Waals surface area (Å²) in [6.45, 7) is 0. The first-order valence-electron chi connectivity index (χ1n) is 10.9. The SMILES string of the molecule is CN(C1=CCCC(C2=CC3C(S2)C3c2ccccc2)=C1)c1cccc2ccccc12. The highest BCUT2D eigenvalue weighted by Gasteiger charge is 2.54. The lowest BCUT2D eigenvalue weighted by atomic mass is 10.00. The molecule has 1 aliphatic heterocycles. The Bertz CT molecular complexity index is 1200. The van der Waals surface area contributed by atoms with Gasteiger partial charge in [0.15, 0.2) is 0 Å². The van der Waals surface area contributed by atoms with E-state index in [1.54, 1.807) is 0 Å². The summed E-state index contributed by atoms with van der Waals surface area (Å²) >= 11 is 2.11. The second-order valence-electron chi connectivity index (χ2n) is 8.52. The highest BCUT2D eigenvalue weighted by atomic mass is 32.2. The van der Waals surface area contributed by atoms with Gasteiger partial charge >= 0.3 is 0 Å². The minimum atomic E-state index is 0.720. The zero-order valence-corrected chi connectivity index (χ0v) is 18.0. The number of nitrogens with zero attached hydrogens (tertiary/aromatic N) is 1. The van der Waals surface area contributed by atoms with Gasteiger partial charge in [-0.2, -0.15) is 0 Å². The minimum absolute atomic E-state index is 0.720. The predicted molar refractivity (Wildman–Crippen MR) is 130 cm³/mol. The molecule has 0 radical (unpaired) electrons. The van der Waals surface area contributed by atoms with E-state index in [-0.39, 0.29) is 0 Å². The van der Waals surface area contributed by atoms with Gasteiger partial charge in [-0.3, -0.25) is 0 Å². The van der Waals surface area contributed by atoms with Gasteiger partial charge in [-0.15, -0.1) is 11.8 Å². The molecule has 0 aromatic heterocycles. The Labute approximate surface area is 182 Å². The smallest absolute Gasteiger partial charge is 0.0487 e. The maximum Gasteiger partial charge on any atom is 0.0487 e. The Morgan fingerprint density at radius 1 is 0.900 bits per heavy atom. The van der Waals surface area contributed by atoms with Crippen LogP contribution >= 0.6 is 11.8 Å². The Morgan fingerprint density at radius 3 is 2.53 bits per heavy atom. The Morgan fingerprint density at radius 2 is 1.70 bits per heavy atom. The van der Waals surface area contributed by atoms with Crippen LogP contribution in [0.15, 0.2) is 107 Å². The van der Waals surface area contributed by atoms with Crippen LogP contribution < -0.4 is 4.90 Å². The number of likely N-dealkylation sites (N-methyl/N-ethyl adjacent to an activating group) is 1. The highest BCUT2D eigenvalue weighted by molar-refractivity contribution is 8.04. The number of hydrogen-bond donors (Lipinski definition) is 0. The van der Waals surface area contributed by atoms with E-state index in [0.717, 1.165) is 29.9 Å². The molecule has 2 aliphatic carbocycles. The van der Waals surface area contributed by atoms with Crippen molar-refractivity contribution in [2.24, 2.45) is 5.92 Å². The van der Waals surface area contributed by atoms with Gasteiger partial charge in [0, 0.05) is 39.9 Å². The van der Waals surface area contributed by atoms with Crippen molar-refractivity contribution in [2.45, 2.75) is 24.0 Å². The van der Waals surface area contributed by atoms with Gasteiger partial charge in [0.25, 0.3) is 0 Å². The highest BCUT2D eigenvalue weighted by Crippen LogP contribution is 2.64. The van der Waals surface area contributed by atoms with E-state index in [4.69, 9.17) is 0 Å². The van der Waals surface area contributed by atoms with Gasteiger partial charge < -0.3 is 4.90 Å². The average molecular weight is 408 g/mol. The normalized spacial score (nSPS) is 24.7. The molecule has 1 nitrogen and oxygen atoms in total. The van der Waals surface area contributed by atoms with Crippen LogP contribution in [0.4, 0.5) is 5.69 Å². The van der Waals surface area contributed by atoms with Crippen molar-refractivity contribution in [1.29, 1.82) is 0 Å². The first-order valence-corrected chi connectivity index (χ1v) is 11.7. The average Bonchev–Trinajstić information content (AvgIpc) is 3.32. The van der Waals surface area contributed by atoms with Gasteiger partial charge in [0.2, 0.25) is 0 Å². The molecule has 3 atom stereocenters. The molecule has 3 aliphatic rings. The summed E-state index contributed by atoms with van der Waals surface area (Å²) in [6.07, 6.45) is 9.64. The van der Waals surface area contributed by atoms with Crippen LogP contribution in [-0.2, 0) is 0 Å². The Balaban J connectivity index is 1.25. The number of hydrogen-bond acceptors (Lipinski definition) is 2. The summed E-state index contributed by atoms with van der Waals surface area (Å²) in [6, 6.07) is 26.3. The summed E-state index contributed by atoms with van der Waals surface area (Å²) in [7, 11) is 2.20. The molecule has 148 valence electrons. The second-order valence-corrected chi connectivity index (χ2v) is 9.74. The second kappa shape index (κ2) is 7.21. The van der Waals surface area contributed by atoms with E-state index < -0.39 is 0 Å². The molecular formula is C28H25NS. The number of allylic oxidation sites excluding steroid dienone is 4. The zero-order chi connectivity index (χ0) is 20.1. The number of fused-ring (bicyclic) bond motifs is 2. The standard InChI is InChI=1S/C28H25NS/c1-29(25-16-8-12-19-9-5-6-15-23(19)25)22-14-7-13-21(17-22)26-18-24-27(28(24)30-26)20-10-3-2-4-11-20/h2-6,8-12,14-18,24,27-28H,7,13H2,1H3. The molecule has 0 bridgehead atoms. The van der Waals surface area contributed by atoms with E-state index >= 15 is 0 Å². The first kappa shape index (κ1) is 18.1. The van der Waals surface area contributed by atoms with Crippen LogP contribution in [0, 0.1) is 5.92 Å². The Kier molecular flexibility index (Phi) is 4.35. The molecule has 6 rings (SSSR count). The summed E-state index contributed by atoms with van der Waals surface area (Å²) in [5, 5.41) is 3.35. The van der Waals surface area contributed by atoms with Crippen LogP contribution in [0.1, 0.15) is 24.3 Å². The number of thioether (sulfide) groups is 1. The molecule has 0 spiro atoms. The molecule has 0 amide bonds. The molecule has 1 fully saturated rings. The quantitative estimate of drug-likeness (QED) is 0.446. The Hall–Kier alpha value is -2.71. The zero-order valence-electron chi connectivity index (χ0n) is 17.2. The third-order valence-electron chi connectivity index (χ3n) is 6.72. The fraction of sp³-hybridized carbons (Fsp3) is 0.214. The van der Waals surface area contributed by atoms with Crippen LogP contribution in [0.3, 0.4) is 0 Å². The number of rotatable bonds is 4. The summed E-state index contributed by atoms with van der Waals surface area (Å²) in [5.74, 6) is 1.44. The van der Waals surface area contributed by atoms with Crippen LogP contribution in [0.2, 0.25) is 0 Å². The van der Waals surface area contributed by atoms with E-state index in [1.807, 2.05) is 0 Å². The third-order valence-corrected chi connectivity index (χ3v) is 8.25. The topological polar surface area (TPSA) is 3.24 Å². The third kappa shape index (κ3) is 3.02. The first-order chi connectivity index (χ1) is 14.8. The van der Waals surface area contributed by atoms with Crippen molar-refractivity contribution in [3.05, 3.63) is 113 Å². The van der Waals surface area contributed by atoms with Gasteiger partial charge in [-0.1, -0.05) is 78.9 Å². The van der Waals surface area contributed by atoms with E-state index in [0.29, 0.717) is 0 Å². The number of benzene rings is 3. The van der Waals surface area contributed by atoms with Crippen molar-refractivity contribution in [3.63, 3.8) is 0 Å². The molecule has 0 saturated heterocycles. The van der Waals surface area contributed by atoms with Crippen molar-refractivity contribution >= 4 is 28.2 Å². The van der Waals surface area contributed by atoms with Gasteiger partial charge in [0.05, 0.1) is 0 Å². The maximum absolute atomic E-state index is 2.56. The van der Waals surface area contributed by atoms with E-state index in [1.165, 1.54) is 38.2 Å². The van der Waals surface area contributed by atoms with Gasteiger partial charge in [-0.05, 0) is 47.4 Å². The molecule has 3 unspecified atom stereocenters. The monoisotopic (exact) mass is 407 g/mol. The van der Waals surface area contributed by atoms with E-state index in [9.17, 15) is 0 Å². The molecule has 1 heterocycles. The predicted octanol–water partition coefficient (Wildman–Crippen LogP) is 7.29. The summed E-state index contributed by atoms with van der Waals surface area (Å²) in [5.41, 5.74) is 5.61. The van der Waals surface area contributed by atoms with Crippen molar-refractivity contribution in [3.8, 4) is 0 Å². The van der Waals surface area contributed by atoms with Gasteiger partial charge in [-0.25, -0.2) is 0 Å². The molecule has 0 N–H and O–H groups in total. The van der Waals surface area contributed by atoms with Crippen molar-refractivity contribution in [2.75, 3.05) is 11.9 Å². The summed E-state index contributed by atoms with van der Waals surface area (Å²) in [4.78, 5) is 3.88.